The van der Waals surface area contributed by atoms with Gasteiger partial charge in [-0.2, -0.15) is 8.78 Å². The number of hydrogen-bond acceptors (Lipinski definition) is 6. The SMILES string of the molecule is CC(C)N(C(=O)c1ccc(F)c([N+](=O)[O-])c1)C1CCCCC1.O=C(O)c1ccc(F)c([N+](=O)[O-])c1. The topological polar surface area (TPSA) is 144 Å². The lowest BCUT2D eigenvalue weighted by molar-refractivity contribution is -0.387. The first-order valence-corrected chi connectivity index (χ1v) is 10.9. The van der Waals surface area contributed by atoms with Gasteiger partial charge < -0.3 is 10.0 Å². The fourth-order valence-electron chi connectivity index (χ4n) is 3.90. The Labute approximate surface area is 199 Å². The quantitative estimate of drug-likeness (QED) is 0.422. The molecule has 0 spiro atoms. The Bertz CT molecular complexity index is 1120. The number of carbonyl (C=O) groups excluding carboxylic acids is 1. The molecule has 2 aromatic carbocycles. The van der Waals surface area contributed by atoms with Gasteiger partial charge in [0.1, 0.15) is 0 Å². The summed E-state index contributed by atoms with van der Waals surface area (Å²) in [5, 5.41) is 29.4. The number of rotatable bonds is 6. The number of benzene rings is 2. The van der Waals surface area contributed by atoms with E-state index in [2.05, 4.69) is 0 Å². The number of carboxylic acids is 1. The van der Waals surface area contributed by atoms with E-state index < -0.39 is 38.8 Å². The van der Waals surface area contributed by atoms with Crippen molar-refractivity contribution >= 4 is 23.3 Å². The third-order valence-corrected chi connectivity index (χ3v) is 5.54. The van der Waals surface area contributed by atoms with Crippen molar-refractivity contribution in [3.8, 4) is 0 Å². The molecule has 0 aromatic heterocycles. The van der Waals surface area contributed by atoms with Gasteiger partial charge in [0, 0.05) is 29.8 Å². The molecule has 1 fully saturated rings. The number of nitro groups is 2. The van der Waals surface area contributed by atoms with Crippen molar-refractivity contribution in [3.63, 3.8) is 0 Å². The van der Waals surface area contributed by atoms with Crippen molar-refractivity contribution in [2.45, 2.75) is 58.0 Å². The molecule has 1 N–H and O–H groups in total. The van der Waals surface area contributed by atoms with Crippen LogP contribution in [0.25, 0.3) is 0 Å². The van der Waals surface area contributed by atoms with Gasteiger partial charge in [0.05, 0.1) is 15.4 Å². The summed E-state index contributed by atoms with van der Waals surface area (Å²) < 4.78 is 26.1. The lowest BCUT2D eigenvalue weighted by Gasteiger charge is -2.37. The number of nitrogens with zero attached hydrogens (tertiary/aromatic N) is 3. The van der Waals surface area contributed by atoms with Crippen molar-refractivity contribution in [3.05, 3.63) is 79.4 Å². The average Bonchev–Trinajstić information content (AvgIpc) is 2.80. The Morgan fingerprint density at radius 1 is 0.914 bits per heavy atom. The van der Waals surface area contributed by atoms with Gasteiger partial charge in [-0.15, -0.1) is 0 Å². The van der Waals surface area contributed by atoms with Gasteiger partial charge in [0.15, 0.2) is 0 Å². The second-order valence-corrected chi connectivity index (χ2v) is 8.25. The number of carbonyl (C=O) groups is 2. The van der Waals surface area contributed by atoms with Gasteiger partial charge >= 0.3 is 17.3 Å². The Morgan fingerprint density at radius 2 is 1.37 bits per heavy atom. The van der Waals surface area contributed by atoms with E-state index in [4.69, 9.17) is 5.11 Å². The van der Waals surface area contributed by atoms with Crippen molar-refractivity contribution in [2.75, 3.05) is 0 Å². The molecule has 0 unspecified atom stereocenters. The molecule has 0 atom stereocenters. The summed E-state index contributed by atoms with van der Waals surface area (Å²) in [7, 11) is 0. The van der Waals surface area contributed by atoms with E-state index >= 15 is 0 Å². The monoisotopic (exact) mass is 493 g/mol. The normalized spacial score (nSPS) is 13.5. The van der Waals surface area contributed by atoms with Gasteiger partial charge in [-0.05, 0) is 51.0 Å². The highest BCUT2D eigenvalue weighted by atomic mass is 19.1. The molecule has 1 aliphatic carbocycles. The number of carboxylic acid groups (broad SMARTS) is 1. The van der Waals surface area contributed by atoms with E-state index in [-0.39, 0.29) is 29.1 Å². The maximum Gasteiger partial charge on any atom is 0.335 e. The minimum Gasteiger partial charge on any atom is -0.478 e. The molecule has 0 heterocycles. The number of halogens is 2. The highest BCUT2D eigenvalue weighted by Crippen LogP contribution is 2.27. The van der Waals surface area contributed by atoms with Crippen LogP contribution >= 0.6 is 0 Å². The van der Waals surface area contributed by atoms with Gasteiger partial charge in [-0.1, -0.05) is 19.3 Å². The molecule has 12 heteroatoms. The molecule has 0 radical (unpaired) electrons. The van der Waals surface area contributed by atoms with Crippen LogP contribution in [0.5, 0.6) is 0 Å². The number of aromatic carboxylic acids is 1. The second kappa shape index (κ2) is 12.0. The van der Waals surface area contributed by atoms with Gasteiger partial charge in [0.25, 0.3) is 5.91 Å². The Kier molecular flexibility index (Phi) is 9.32. The highest BCUT2D eigenvalue weighted by Gasteiger charge is 2.29. The first-order chi connectivity index (χ1) is 16.4. The molecule has 188 valence electrons. The molecule has 2 aromatic rings. The van der Waals surface area contributed by atoms with Crippen LogP contribution in [-0.2, 0) is 0 Å². The minimum atomic E-state index is -1.33. The van der Waals surface area contributed by atoms with Gasteiger partial charge in [-0.3, -0.25) is 25.0 Å². The molecular formula is C23H25F2N3O7. The number of nitro benzene ring substituents is 2. The zero-order chi connectivity index (χ0) is 26.3. The molecule has 1 amide bonds. The third-order valence-electron chi connectivity index (χ3n) is 5.54. The molecule has 1 aliphatic rings. The van der Waals surface area contributed by atoms with Crippen molar-refractivity contribution in [1.82, 2.24) is 4.90 Å². The second-order valence-electron chi connectivity index (χ2n) is 8.25. The highest BCUT2D eigenvalue weighted by molar-refractivity contribution is 5.95. The predicted molar refractivity (Wildman–Crippen MR) is 121 cm³/mol. The maximum absolute atomic E-state index is 13.4. The zero-order valence-electron chi connectivity index (χ0n) is 19.1. The van der Waals surface area contributed by atoms with E-state index in [1.807, 2.05) is 13.8 Å². The summed E-state index contributed by atoms with van der Waals surface area (Å²) >= 11 is 0. The molecule has 0 bridgehead atoms. The lowest BCUT2D eigenvalue weighted by Crippen LogP contribution is -2.45. The van der Waals surface area contributed by atoms with Crippen LogP contribution in [0.4, 0.5) is 20.2 Å². The molecule has 1 saturated carbocycles. The molecule has 0 saturated heterocycles. The Morgan fingerprint density at radius 3 is 1.80 bits per heavy atom. The van der Waals surface area contributed by atoms with Crippen molar-refractivity contribution < 1.29 is 33.3 Å². The number of hydrogen-bond donors (Lipinski definition) is 1. The Hall–Kier alpha value is -3.96. The predicted octanol–water partition coefficient (Wildman–Crippen LogP) is 5.35. The van der Waals surface area contributed by atoms with Crippen LogP contribution in [0, 0.1) is 31.9 Å². The molecular weight excluding hydrogens is 468 g/mol. The van der Waals surface area contributed by atoms with Crippen LogP contribution in [-0.4, -0.2) is 43.8 Å². The molecule has 3 rings (SSSR count). The van der Waals surface area contributed by atoms with E-state index in [1.54, 1.807) is 4.90 Å². The summed E-state index contributed by atoms with van der Waals surface area (Å²) in [5.74, 6) is -3.56. The minimum absolute atomic E-state index is 0.000269. The molecule has 10 nitrogen and oxygen atoms in total. The fraction of sp³-hybridized carbons (Fsp3) is 0.391. The van der Waals surface area contributed by atoms with Crippen LogP contribution in [0.3, 0.4) is 0 Å². The fourth-order valence-corrected chi connectivity index (χ4v) is 3.90. The van der Waals surface area contributed by atoms with Crippen LogP contribution in [0.2, 0.25) is 0 Å². The zero-order valence-corrected chi connectivity index (χ0v) is 19.1. The first-order valence-electron chi connectivity index (χ1n) is 10.9. The summed E-state index contributed by atoms with van der Waals surface area (Å²) in [6.45, 7) is 3.87. The van der Waals surface area contributed by atoms with E-state index in [0.717, 1.165) is 49.9 Å². The average molecular weight is 493 g/mol. The summed E-state index contributed by atoms with van der Waals surface area (Å²) in [5.41, 5.74) is -1.63. The van der Waals surface area contributed by atoms with E-state index in [9.17, 15) is 38.6 Å². The van der Waals surface area contributed by atoms with Crippen LogP contribution < -0.4 is 0 Å². The first kappa shape index (κ1) is 27.3. The van der Waals surface area contributed by atoms with E-state index in [1.165, 1.54) is 12.5 Å². The summed E-state index contributed by atoms with van der Waals surface area (Å²) in [6.07, 6.45) is 5.26. The smallest absolute Gasteiger partial charge is 0.335 e. The maximum atomic E-state index is 13.4. The molecule has 0 aliphatic heterocycles. The third kappa shape index (κ3) is 7.01. The lowest BCUT2D eigenvalue weighted by atomic mass is 9.92. The van der Waals surface area contributed by atoms with E-state index in [0.29, 0.717) is 6.07 Å². The van der Waals surface area contributed by atoms with Crippen molar-refractivity contribution in [1.29, 1.82) is 0 Å². The van der Waals surface area contributed by atoms with Crippen LogP contribution in [0.15, 0.2) is 36.4 Å². The summed E-state index contributed by atoms with van der Waals surface area (Å²) in [4.78, 5) is 44.1. The number of amides is 1. The molecule has 35 heavy (non-hydrogen) atoms. The standard InChI is InChI=1S/C16H21FN2O3.C7H4FNO4/c1-11(2)18(13-6-4-3-5-7-13)16(20)12-8-9-14(17)15(10-12)19(21)22;8-5-2-1-4(7(10)11)3-6(5)9(12)13/h8-11,13H,3-7H2,1-2H3;1-3H,(H,10,11). The Balaban J connectivity index is 0.000000283. The summed E-state index contributed by atoms with van der Waals surface area (Å²) in [6, 6.07) is 5.90. The van der Waals surface area contributed by atoms with Gasteiger partial charge in [-0.25, -0.2) is 4.79 Å². The van der Waals surface area contributed by atoms with Crippen LogP contribution in [0.1, 0.15) is 66.7 Å². The largest absolute Gasteiger partial charge is 0.478 e. The van der Waals surface area contributed by atoms with Gasteiger partial charge in [0.2, 0.25) is 11.6 Å². The van der Waals surface area contributed by atoms with Crippen molar-refractivity contribution in [2.24, 2.45) is 0 Å².